The monoisotopic (exact) mass is 260 g/mol. The Hall–Kier alpha value is -1.82. The van der Waals surface area contributed by atoms with Gasteiger partial charge in [0.2, 0.25) is 0 Å². The third-order valence-corrected chi connectivity index (χ3v) is 4.94. The molecule has 0 atom stereocenters. The Morgan fingerprint density at radius 2 is 1.85 bits per heavy atom. The molecule has 4 rings (SSSR count). The van der Waals surface area contributed by atoms with Gasteiger partial charge in [0.25, 0.3) is 0 Å². The Morgan fingerprint density at radius 3 is 2.75 bits per heavy atom. The fourth-order valence-corrected chi connectivity index (χ4v) is 3.95. The molecule has 0 bridgehead atoms. The first kappa shape index (κ1) is 12.0. The summed E-state index contributed by atoms with van der Waals surface area (Å²) in [5, 5.41) is 2.80. The quantitative estimate of drug-likeness (QED) is 0.584. The van der Waals surface area contributed by atoms with Crippen molar-refractivity contribution < 1.29 is 0 Å². The summed E-state index contributed by atoms with van der Waals surface area (Å²) in [4.78, 5) is 0. The lowest BCUT2D eigenvalue weighted by molar-refractivity contribution is 0.423. The Kier molecular flexibility index (Phi) is 2.44. The molecule has 0 fully saturated rings. The molecular formula is C20H20. The molecule has 0 saturated carbocycles. The maximum Gasteiger partial charge on any atom is -0.00946 e. The molecule has 100 valence electrons. The van der Waals surface area contributed by atoms with Gasteiger partial charge in [-0.1, -0.05) is 68.0 Å². The van der Waals surface area contributed by atoms with E-state index in [4.69, 9.17) is 0 Å². The van der Waals surface area contributed by atoms with E-state index in [1.54, 1.807) is 11.1 Å². The molecule has 2 aromatic rings. The average molecular weight is 260 g/mol. The maximum atomic E-state index is 2.41. The van der Waals surface area contributed by atoms with Crippen LogP contribution in [0.1, 0.15) is 37.8 Å². The summed E-state index contributed by atoms with van der Waals surface area (Å²) in [5.41, 5.74) is 6.44. The van der Waals surface area contributed by atoms with E-state index in [-0.39, 0.29) is 5.41 Å². The number of fused-ring (bicyclic) bond motifs is 4. The summed E-state index contributed by atoms with van der Waals surface area (Å²) in [6, 6.07) is 13.4. The van der Waals surface area contributed by atoms with Crippen LogP contribution in [0.3, 0.4) is 0 Å². The highest BCUT2D eigenvalue weighted by Gasteiger charge is 2.33. The smallest absolute Gasteiger partial charge is 0.00946 e. The SMILES string of the molecule is CC1(C)Cc2c(ccc3ccccc23)C2=C1CCC=C2. The van der Waals surface area contributed by atoms with E-state index >= 15 is 0 Å². The van der Waals surface area contributed by atoms with E-state index in [1.807, 2.05) is 0 Å². The van der Waals surface area contributed by atoms with E-state index in [1.165, 1.54) is 34.8 Å². The number of rotatable bonds is 0. The van der Waals surface area contributed by atoms with Gasteiger partial charge in [-0.25, -0.2) is 0 Å². The van der Waals surface area contributed by atoms with Crippen LogP contribution in [0, 0.1) is 5.41 Å². The molecule has 0 saturated heterocycles. The van der Waals surface area contributed by atoms with E-state index in [9.17, 15) is 0 Å². The van der Waals surface area contributed by atoms with Crippen molar-refractivity contribution >= 4 is 16.3 Å². The van der Waals surface area contributed by atoms with Gasteiger partial charge in [0.15, 0.2) is 0 Å². The third kappa shape index (κ3) is 1.61. The second-order valence-corrected chi connectivity index (χ2v) is 6.71. The van der Waals surface area contributed by atoms with E-state index in [0.29, 0.717) is 0 Å². The lowest BCUT2D eigenvalue weighted by Crippen LogP contribution is -2.25. The number of hydrogen-bond donors (Lipinski definition) is 0. The Balaban J connectivity index is 2.07. The lowest BCUT2D eigenvalue weighted by atomic mass is 9.66. The van der Waals surface area contributed by atoms with Gasteiger partial charge in [0.05, 0.1) is 0 Å². The molecule has 0 aromatic heterocycles. The standard InChI is InChI=1S/C20H20/c1-20(2)13-18-15-8-4-3-7-14(15)11-12-16(18)17-9-5-6-10-19(17)20/h3-5,7-9,11-12H,6,10,13H2,1-2H3. The number of allylic oxidation sites excluding steroid dienone is 4. The predicted octanol–water partition coefficient (Wildman–Crippen LogP) is 5.53. The first-order valence-electron chi connectivity index (χ1n) is 7.58. The van der Waals surface area contributed by atoms with Gasteiger partial charge >= 0.3 is 0 Å². The zero-order chi connectivity index (χ0) is 13.7. The van der Waals surface area contributed by atoms with Crippen LogP contribution < -0.4 is 0 Å². The second-order valence-electron chi connectivity index (χ2n) is 6.71. The molecule has 0 aliphatic heterocycles. The number of hydrogen-bond acceptors (Lipinski definition) is 0. The van der Waals surface area contributed by atoms with Gasteiger partial charge in [-0.15, -0.1) is 0 Å². The fraction of sp³-hybridized carbons (Fsp3) is 0.300. The third-order valence-electron chi connectivity index (χ3n) is 4.94. The van der Waals surface area contributed by atoms with Gasteiger partial charge < -0.3 is 0 Å². The Bertz CT molecular complexity index is 757. The molecule has 2 aliphatic rings. The maximum absolute atomic E-state index is 2.41. The van der Waals surface area contributed by atoms with Crippen LogP contribution >= 0.6 is 0 Å². The van der Waals surface area contributed by atoms with Crippen molar-refractivity contribution in [3.8, 4) is 0 Å². The highest BCUT2D eigenvalue weighted by Crippen LogP contribution is 2.48. The van der Waals surface area contributed by atoms with E-state index < -0.39 is 0 Å². The van der Waals surface area contributed by atoms with Gasteiger partial charge in [-0.3, -0.25) is 0 Å². The van der Waals surface area contributed by atoms with E-state index in [0.717, 1.165) is 6.42 Å². The minimum atomic E-state index is 0.289. The number of benzene rings is 2. The van der Waals surface area contributed by atoms with E-state index in [2.05, 4.69) is 62.4 Å². The molecule has 0 heterocycles. The van der Waals surface area contributed by atoms with Crippen LogP contribution in [0.15, 0.2) is 54.1 Å². The molecule has 0 unspecified atom stereocenters. The highest BCUT2D eigenvalue weighted by atomic mass is 14.4. The summed E-state index contributed by atoms with van der Waals surface area (Å²) in [5.74, 6) is 0. The van der Waals surface area contributed by atoms with Crippen LogP contribution in [0.5, 0.6) is 0 Å². The molecule has 2 aliphatic carbocycles. The minimum absolute atomic E-state index is 0.289. The normalized spacial score (nSPS) is 19.9. The molecule has 0 heteroatoms. The summed E-state index contributed by atoms with van der Waals surface area (Å²) in [7, 11) is 0. The zero-order valence-corrected chi connectivity index (χ0v) is 12.2. The van der Waals surface area contributed by atoms with Crippen molar-refractivity contribution in [1.82, 2.24) is 0 Å². The van der Waals surface area contributed by atoms with Crippen LogP contribution in [-0.4, -0.2) is 0 Å². The molecule has 0 amide bonds. The summed E-state index contributed by atoms with van der Waals surface area (Å²) >= 11 is 0. The molecule has 0 nitrogen and oxygen atoms in total. The Labute approximate surface area is 120 Å². The van der Waals surface area contributed by atoms with Crippen molar-refractivity contribution in [2.75, 3.05) is 0 Å². The highest BCUT2D eigenvalue weighted by molar-refractivity contribution is 5.94. The van der Waals surface area contributed by atoms with Gasteiger partial charge in [0.1, 0.15) is 0 Å². The molecule has 0 radical (unpaired) electrons. The zero-order valence-electron chi connectivity index (χ0n) is 12.2. The predicted molar refractivity (Wildman–Crippen MR) is 86.7 cm³/mol. The van der Waals surface area contributed by atoms with Crippen molar-refractivity contribution in [3.63, 3.8) is 0 Å². The van der Waals surface area contributed by atoms with Gasteiger partial charge in [-0.2, -0.15) is 0 Å². The summed E-state index contributed by atoms with van der Waals surface area (Å²) in [6.45, 7) is 4.82. The van der Waals surface area contributed by atoms with Gasteiger partial charge in [0, 0.05) is 0 Å². The molecule has 20 heavy (non-hydrogen) atoms. The largest absolute Gasteiger partial charge is 0.0836 e. The molecule has 0 spiro atoms. The topological polar surface area (TPSA) is 0 Å². The molecule has 0 N–H and O–H groups in total. The van der Waals surface area contributed by atoms with Crippen molar-refractivity contribution in [1.29, 1.82) is 0 Å². The average Bonchev–Trinajstić information content (AvgIpc) is 2.47. The Morgan fingerprint density at radius 1 is 1.00 bits per heavy atom. The molecular weight excluding hydrogens is 240 g/mol. The molecule has 2 aromatic carbocycles. The summed E-state index contributed by atoms with van der Waals surface area (Å²) in [6.07, 6.45) is 8.28. The van der Waals surface area contributed by atoms with Crippen LogP contribution in [0.25, 0.3) is 16.3 Å². The summed E-state index contributed by atoms with van der Waals surface area (Å²) < 4.78 is 0. The van der Waals surface area contributed by atoms with Gasteiger partial charge in [-0.05, 0) is 52.1 Å². The van der Waals surface area contributed by atoms with Crippen molar-refractivity contribution in [3.05, 3.63) is 65.3 Å². The van der Waals surface area contributed by atoms with Crippen LogP contribution in [-0.2, 0) is 6.42 Å². The fourth-order valence-electron chi connectivity index (χ4n) is 3.95. The minimum Gasteiger partial charge on any atom is -0.0836 e. The first-order valence-corrected chi connectivity index (χ1v) is 7.58. The van der Waals surface area contributed by atoms with Crippen molar-refractivity contribution in [2.45, 2.75) is 33.1 Å². The second kappa shape index (κ2) is 4.09. The lowest BCUT2D eigenvalue weighted by Gasteiger charge is -2.38. The first-order chi connectivity index (χ1) is 9.67. The van der Waals surface area contributed by atoms with Crippen LogP contribution in [0.4, 0.5) is 0 Å². The van der Waals surface area contributed by atoms with Crippen LogP contribution in [0.2, 0.25) is 0 Å². The van der Waals surface area contributed by atoms with Crippen molar-refractivity contribution in [2.24, 2.45) is 5.41 Å².